The topological polar surface area (TPSA) is 63.6 Å². The fourth-order valence-electron chi connectivity index (χ4n) is 1.72. The van der Waals surface area contributed by atoms with Gasteiger partial charge in [0.1, 0.15) is 0 Å². The number of carbonyl (C=O) groups excluding carboxylic acids is 1. The Morgan fingerprint density at radius 1 is 1.32 bits per heavy atom. The summed E-state index contributed by atoms with van der Waals surface area (Å²) in [5, 5.41) is 8.80. The highest BCUT2D eigenvalue weighted by Crippen LogP contribution is 2.30. The first-order chi connectivity index (χ1) is 8.69. The van der Waals surface area contributed by atoms with Crippen molar-refractivity contribution in [2.24, 2.45) is 0 Å². The Balaban J connectivity index is 3.34. The Hall–Kier alpha value is -1.98. The molecule has 0 saturated carbocycles. The van der Waals surface area contributed by atoms with Crippen molar-refractivity contribution in [3.63, 3.8) is 0 Å². The van der Waals surface area contributed by atoms with E-state index in [2.05, 4.69) is 4.74 Å². The fraction of sp³-hybridized carbons (Fsp3) is 0.385. The molecule has 104 valence electrons. The summed E-state index contributed by atoms with van der Waals surface area (Å²) in [6, 6.07) is 2.01. The zero-order valence-corrected chi connectivity index (χ0v) is 10.8. The zero-order chi connectivity index (χ0) is 14.8. The maximum absolute atomic E-state index is 13.5. The van der Waals surface area contributed by atoms with Crippen LogP contribution < -0.4 is 0 Å². The Kier molecular flexibility index (Phi) is 4.24. The summed E-state index contributed by atoms with van der Waals surface area (Å²) in [5.41, 5.74) is -1.27. The van der Waals surface area contributed by atoms with Gasteiger partial charge in [0.25, 0.3) is 0 Å². The lowest BCUT2D eigenvalue weighted by Gasteiger charge is -2.23. The van der Waals surface area contributed by atoms with Crippen molar-refractivity contribution in [1.29, 1.82) is 0 Å². The standard InChI is InChI=1S/C13H14F2O4/c1-13(2,6-10(16)17)7-4-8(12(18)19-3)11(15)9(14)5-7/h4-5H,6H2,1-3H3,(H,16,17). The minimum atomic E-state index is -1.30. The molecule has 0 aliphatic heterocycles. The molecule has 0 heterocycles. The molecule has 0 saturated heterocycles. The number of hydrogen-bond acceptors (Lipinski definition) is 3. The molecule has 1 N–H and O–H groups in total. The van der Waals surface area contributed by atoms with Crippen molar-refractivity contribution in [3.8, 4) is 0 Å². The minimum absolute atomic E-state index is 0.217. The van der Waals surface area contributed by atoms with Crippen LogP contribution in [0.3, 0.4) is 0 Å². The molecule has 0 radical (unpaired) electrons. The third-order valence-corrected chi connectivity index (χ3v) is 2.81. The lowest BCUT2D eigenvalue weighted by Crippen LogP contribution is -2.23. The molecule has 0 aliphatic carbocycles. The Morgan fingerprint density at radius 3 is 2.37 bits per heavy atom. The summed E-state index contributed by atoms with van der Waals surface area (Å²) in [4.78, 5) is 22.1. The minimum Gasteiger partial charge on any atom is -0.481 e. The number of carbonyl (C=O) groups is 2. The highest BCUT2D eigenvalue weighted by molar-refractivity contribution is 5.90. The van der Waals surface area contributed by atoms with Crippen LogP contribution in [0.2, 0.25) is 0 Å². The lowest BCUT2D eigenvalue weighted by atomic mass is 9.81. The van der Waals surface area contributed by atoms with Crippen molar-refractivity contribution < 1.29 is 28.2 Å². The fourth-order valence-corrected chi connectivity index (χ4v) is 1.72. The molecule has 0 amide bonds. The predicted molar refractivity (Wildman–Crippen MR) is 63.0 cm³/mol. The quantitative estimate of drug-likeness (QED) is 0.855. The SMILES string of the molecule is COC(=O)c1cc(C(C)(C)CC(=O)O)cc(F)c1F. The van der Waals surface area contributed by atoms with E-state index >= 15 is 0 Å². The van der Waals surface area contributed by atoms with E-state index in [4.69, 9.17) is 5.11 Å². The molecule has 0 bridgehead atoms. The maximum atomic E-state index is 13.5. The number of hydrogen-bond donors (Lipinski definition) is 1. The van der Waals surface area contributed by atoms with Crippen LogP contribution in [0.15, 0.2) is 12.1 Å². The number of carboxylic acids is 1. The second-order valence-corrected chi connectivity index (χ2v) is 4.77. The summed E-state index contributed by atoms with van der Waals surface area (Å²) in [6.45, 7) is 3.13. The van der Waals surface area contributed by atoms with Crippen molar-refractivity contribution in [3.05, 3.63) is 34.9 Å². The van der Waals surface area contributed by atoms with E-state index in [-0.39, 0.29) is 12.0 Å². The molecule has 0 aliphatic rings. The average Bonchev–Trinajstić information content (AvgIpc) is 2.29. The highest BCUT2D eigenvalue weighted by Gasteiger charge is 2.28. The number of rotatable bonds is 4. The van der Waals surface area contributed by atoms with Crippen molar-refractivity contribution in [1.82, 2.24) is 0 Å². The first-order valence-corrected chi connectivity index (χ1v) is 5.48. The number of carboxylic acid groups (broad SMARTS) is 1. The van der Waals surface area contributed by atoms with Gasteiger partial charge in [-0.25, -0.2) is 13.6 Å². The van der Waals surface area contributed by atoms with E-state index < -0.39 is 34.6 Å². The summed E-state index contributed by atoms with van der Waals surface area (Å²) < 4.78 is 31.3. The second-order valence-electron chi connectivity index (χ2n) is 4.77. The lowest BCUT2D eigenvalue weighted by molar-refractivity contribution is -0.138. The molecule has 1 rings (SSSR count). The summed E-state index contributed by atoms with van der Waals surface area (Å²) >= 11 is 0. The van der Waals surface area contributed by atoms with E-state index in [1.165, 1.54) is 0 Å². The first kappa shape index (κ1) is 15.1. The van der Waals surface area contributed by atoms with E-state index in [0.29, 0.717) is 0 Å². The molecule has 4 nitrogen and oxygen atoms in total. The number of esters is 1. The Bertz CT molecular complexity index is 524. The van der Waals surface area contributed by atoms with Gasteiger partial charge in [0.15, 0.2) is 11.6 Å². The summed E-state index contributed by atoms with van der Waals surface area (Å²) in [7, 11) is 1.05. The molecule has 0 fully saturated rings. The predicted octanol–water partition coefficient (Wildman–Crippen LogP) is 2.50. The third kappa shape index (κ3) is 3.27. The van der Waals surface area contributed by atoms with E-state index in [9.17, 15) is 18.4 Å². The van der Waals surface area contributed by atoms with Crippen LogP contribution in [0.4, 0.5) is 8.78 Å². The summed E-state index contributed by atoms with van der Waals surface area (Å²) in [6.07, 6.45) is -0.279. The highest BCUT2D eigenvalue weighted by atomic mass is 19.2. The number of aliphatic carboxylic acids is 1. The number of methoxy groups -OCH3 is 1. The van der Waals surface area contributed by atoms with E-state index in [1.54, 1.807) is 13.8 Å². The first-order valence-electron chi connectivity index (χ1n) is 5.48. The molecule has 19 heavy (non-hydrogen) atoms. The van der Waals surface area contributed by atoms with E-state index in [0.717, 1.165) is 19.2 Å². The van der Waals surface area contributed by atoms with Crippen LogP contribution in [0.5, 0.6) is 0 Å². The average molecular weight is 272 g/mol. The van der Waals surface area contributed by atoms with Crippen LogP contribution in [-0.4, -0.2) is 24.2 Å². The van der Waals surface area contributed by atoms with Crippen LogP contribution in [-0.2, 0) is 14.9 Å². The van der Waals surface area contributed by atoms with Gasteiger partial charge in [-0.05, 0) is 17.7 Å². The van der Waals surface area contributed by atoms with Crippen LogP contribution in [0, 0.1) is 11.6 Å². The van der Waals surface area contributed by atoms with Crippen molar-refractivity contribution >= 4 is 11.9 Å². The Labute approximate surface area is 109 Å². The van der Waals surface area contributed by atoms with Crippen LogP contribution in [0.25, 0.3) is 0 Å². The molecular formula is C13H14F2O4. The molecule has 0 spiro atoms. The van der Waals surface area contributed by atoms with Crippen LogP contribution in [0.1, 0.15) is 36.2 Å². The maximum Gasteiger partial charge on any atom is 0.340 e. The van der Waals surface area contributed by atoms with Crippen molar-refractivity contribution in [2.45, 2.75) is 25.7 Å². The van der Waals surface area contributed by atoms with Gasteiger partial charge < -0.3 is 9.84 Å². The van der Waals surface area contributed by atoms with Gasteiger partial charge in [0.2, 0.25) is 0 Å². The summed E-state index contributed by atoms with van der Waals surface area (Å²) in [5.74, 6) is -4.60. The molecular weight excluding hydrogens is 258 g/mol. The number of halogens is 2. The van der Waals surface area contributed by atoms with Gasteiger partial charge >= 0.3 is 11.9 Å². The van der Waals surface area contributed by atoms with E-state index in [1.807, 2.05) is 0 Å². The van der Waals surface area contributed by atoms with Gasteiger partial charge in [-0.15, -0.1) is 0 Å². The van der Waals surface area contributed by atoms with Crippen LogP contribution >= 0.6 is 0 Å². The van der Waals surface area contributed by atoms with Gasteiger partial charge in [-0.2, -0.15) is 0 Å². The normalized spacial score (nSPS) is 11.2. The molecule has 0 aromatic heterocycles. The molecule has 1 aromatic carbocycles. The molecule has 0 unspecified atom stereocenters. The smallest absolute Gasteiger partial charge is 0.340 e. The molecule has 6 heteroatoms. The number of ether oxygens (including phenoxy) is 1. The largest absolute Gasteiger partial charge is 0.481 e. The second kappa shape index (κ2) is 5.34. The monoisotopic (exact) mass is 272 g/mol. The third-order valence-electron chi connectivity index (χ3n) is 2.81. The Morgan fingerprint density at radius 2 is 1.89 bits per heavy atom. The molecule has 1 aromatic rings. The zero-order valence-electron chi connectivity index (χ0n) is 10.8. The van der Waals surface area contributed by atoms with Gasteiger partial charge in [0.05, 0.1) is 19.1 Å². The number of benzene rings is 1. The van der Waals surface area contributed by atoms with Crippen molar-refractivity contribution in [2.75, 3.05) is 7.11 Å². The van der Waals surface area contributed by atoms with Gasteiger partial charge in [-0.3, -0.25) is 4.79 Å². The van der Waals surface area contributed by atoms with Gasteiger partial charge in [0, 0.05) is 5.41 Å². The molecule has 0 atom stereocenters. The van der Waals surface area contributed by atoms with Gasteiger partial charge in [-0.1, -0.05) is 13.8 Å².